The van der Waals surface area contributed by atoms with Crippen molar-refractivity contribution in [1.82, 2.24) is 4.57 Å². The minimum absolute atomic E-state index is 0.0229. The van der Waals surface area contributed by atoms with Gasteiger partial charge in [0.2, 0.25) is 5.43 Å². The molecule has 2 heterocycles. The number of nitrogens with zero attached hydrogens (tertiary/aromatic N) is 2. The molecule has 1 N–H and O–H groups in total. The summed E-state index contributed by atoms with van der Waals surface area (Å²) in [5.41, 5.74) is -0.214. The predicted octanol–water partition coefficient (Wildman–Crippen LogP) is 3.74. The van der Waals surface area contributed by atoms with E-state index in [-0.39, 0.29) is 27.7 Å². The molecule has 1 aromatic heterocycles. The molecular weight excluding hydrogens is 383 g/mol. The molecule has 0 radical (unpaired) electrons. The smallest absolute Gasteiger partial charge is 0.449 e. The van der Waals surface area contributed by atoms with Crippen LogP contribution in [0, 0.1) is 5.82 Å². The molecule has 6 nitrogen and oxygen atoms in total. The largest absolute Gasteiger partial charge is 0.511 e. The lowest BCUT2D eigenvalue weighted by atomic mass is 10.1. The summed E-state index contributed by atoms with van der Waals surface area (Å²) >= 11 is 8.13. The Labute approximate surface area is 157 Å². The Bertz CT molecular complexity index is 954. The number of halogens is 2. The number of hydrogen-bond donors (Lipinski definition) is 1. The lowest BCUT2D eigenvalue weighted by Crippen LogP contribution is -2.33. The van der Waals surface area contributed by atoms with Gasteiger partial charge < -0.3 is 19.3 Å². The van der Waals surface area contributed by atoms with Gasteiger partial charge in [-0.15, -0.1) is 0 Å². The van der Waals surface area contributed by atoms with Crippen molar-refractivity contribution in [3.8, 4) is 5.75 Å². The van der Waals surface area contributed by atoms with Gasteiger partial charge in [0.05, 0.1) is 27.8 Å². The lowest BCUT2D eigenvalue weighted by molar-refractivity contribution is 0.143. The van der Waals surface area contributed by atoms with Gasteiger partial charge >= 0.3 is 6.16 Å². The van der Waals surface area contributed by atoms with E-state index in [4.69, 9.17) is 16.7 Å². The monoisotopic (exact) mass is 398 g/mol. The number of carbonyl (C=O) groups is 1. The first-order valence-electron chi connectivity index (χ1n) is 8.27. The molecule has 0 amide bonds. The van der Waals surface area contributed by atoms with Crippen molar-refractivity contribution in [3.63, 3.8) is 0 Å². The first-order chi connectivity index (χ1) is 12.5. The van der Waals surface area contributed by atoms with Gasteiger partial charge in [-0.05, 0) is 18.9 Å². The first-order valence-corrected chi connectivity index (χ1v) is 9.81. The summed E-state index contributed by atoms with van der Waals surface area (Å²) < 4.78 is 21.7. The van der Waals surface area contributed by atoms with Crippen molar-refractivity contribution in [2.45, 2.75) is 18.9 Å². The van der Waals surface area contributed by atoms with E-state index < -0.39 is 17.4 Å². The second kappa shape index (κ2) is 6.66. The zero-order chi connectivity index (χ0) is 18.4. The minimum atomic E-state index is -1.59. The van der Waals surface area contributed by atoms with Crippen LogP contribution in [-0.4, -0.2) is 40.4 Å². The summed E-state index contributed by atoms with van der Waals surface area (Å²) in [5.74, 6) is 0.892. The second-order valence-corrected chi connectivity index (χ2v) is 7.98. The molecule has 0 atom stereocenters. The Morgan fingerprint density at radius 3 is 2.65 bits per heavy atom. The van der Waals surface area contributed by atoms with Crippen LogP contribution < -0.4 is 15.1 Å². The van der Waals surface area contributed by atoms with Crippen LogP contribution in [0.25, 0.3) is 10.9 Å². The van der Waals surface area contributed by atoms with E-state index in [0.717, 1.165) is 24.3 Å². The van der Waals surface area contributed by atoms with Crippen LogP contribution in [-0.2, 0) is 0 Å². The minimum Gasteiger partial charge on any atom is -0.449 e. The number of carboxylic acid groups (broad SMARTS) is 1. The standard InChI is InChI=1S/C17H16ClFN2O4S/c18-11-7-10-14(13(19)15(11)20-3-5-26-6-4-20)21(9-1-2-9)8-12(16(10)22)25-17(23)24/h7-9H,1-6H2,(H,23,24). The van der Waals surface area contributed by atoms with Gasteiger partial charge in [-0.1, -0.05) is 11.6 Å². The van der Waals surface area contributed by atoms with E-state index >= 15 is 4.39 Å². The van der Waals surface area contributed by atoms with Crippen molar-refractivity contribution in [3.05, 3.63) is 33.3 Å². The van der Waals surface area contributed by atoms with Crippen molar-refractivity contribution in [2.24, 2.45) is 0 Å². The maximum absolute atomic E-state index is 15.5. The molecule has 2 aliphatic rings. The molecule has 2 aromatic rings. The average molecular weight is 399 g/mol. The molecule has 1 saturated heterocycles. The van der Waals surface area contributed by atoms with Crippen LogP contribution in [0.2, 0.25) is 5.02 Å². The third-order valence-corrected chi connectivity index (χ3v) is 5.85. The summed E-state index contributed by atoms with van der Waals surface area (Å²) in [5, 5.41) is 9.04. The van der Waals surface area contributed by atoms with E-state index in [1.807, 2.05) is 4.90 Å². The number of ether oxygens (including phenoxy) is 1. The van der Waals surface area contributed by atoms with Crippen LogP contribution in [0.4, 0.5) is 14.9 Å². The van der Waals surface area contributed by atoms with Gasteiger partial charge in [0, 0.05) is 30.6 Å². The quantitative estimate of drug-likeness (QED) is 0.794. The van der Waals surface area contributed by atoms with Crippen molar-refractivity contribution in [1.29, 1.82) is 0 Å². The number of fused-ring (bicyclic) bond motifs is 1. The highest BCUT2D eigenvalue weighted by Crippen LogP contribution is 2.41. The third-order valence-electron chi connectivity index (χ3n) is 4.62. The fraction of sp³-hybridized carbons (Fsp3) is 0.412. The van der Waals surface area contributed by atoms with Crippen molar-refractivity contribution < 1.29 is 19.0 Å². The van der Waals surface area contributed by atoms with E-state index in [9.17, 15) is 9.59 Å². The topological polar surface area (TPSA) is 71.8 Å². The van der Waals surface area contributed by atoms with E-state index in [2.05, 4.69) is 4.74 Å². The van der Waals surface area contributed by atoms with Crippen LogP contribution in [0.1, 0.15) is 18.9 Å². The number of benzene rings is 1. The van der Waals surface area contributed by atoms with Gasteiger partial charge in [-0.2, -0.15) is 11.8 Å². The number of aromatic nitrogens is 1. The molecule has 138 valence electrons. The number of anilines is 1. The lowest BCUT2D eigenvalue weighted by Gasteiger charge is -2.30. The summed E-state index contributed by atoms with van der Waals surface area (Å²) in [4.78, 5) is 25.4. The summed E-state index contributed by atoms with van der Waals surface area (Å²) in [6.45, 7) is 1.36. The molecule has 1 aliphatic heterocycles. The summed E-state index contributed by atoms with van der Waals surface area (Å²) in [6, 6.07) is 1.45. The zero-order valence-corrected chi connectivity index (χ0v) is 15.3. The molecule has 0 bridgehead atoms. The van der Waals surface area contributed by atoms with E-state index in [1.54, 1.807) is 16.3 Å². The first kappa shape index (κ1) is 17.5. The molecule has 1 saturated carbocycles. The average Bonchev–Trinajstić information content (AvgIpc) is 3.43. The second-order valence-electron chi connectivity index (χ2n) is 6.35. The van der Waals surface area contributed by atoms with Crippen LogP contribution >= 0.6 is 23.4 Å². The highest BCUT2D eigenvalue weighted by molar-refractivity contribution is 7.99. The summed E-state index contributed by atoms with van der Waals surface area (Å²) in [7, 11) is 0. The van der Waals surface area contributed by atoms with Crippen LogP contribution in [0.5, 0.6) is 5.75 Å². The molecule has 1 aromatic carbocycles. The fourth-order valence-electron chi connectivity index (χ4n) is 3.29. The maximum Gasteiger partial charge on any atom is 0.511 e. The van der Waals surface area contributed by atoms with Gasteiger partial charge in [0.25, 0.3) is 0 Å². The molecule has 2 fully saturated rings. The Morgan fingerprint density at radius 1 is 1.35 bits per heavy atom. The number of thioether (sulfide) groups is 1. The van der Waals surface area contributed by atoms with Crippen LogP contribution in [0.3, 0.4) is 0 Å². The Hall–Kier alpha value is -1.93. The molecule has 26 heavy (non-hydrogen) atoms. The predicted molar refractivity (Wildman–Crippen MR) is 99.6 cm³/mol. The number of pyridine rings is 1. The normalized spacial score (nSPS) is 17.5. The number of hydrogen-bond acceptors (Lipinski definition) is 5. The Morgan fingerprint density at radius 2 is 2.04 bits per heavy atom. The number of rotatable bonds is 3. The van der Waals surface area contributed by atoms with E-state index in [1.165, 1.54) is 12.3 Å². The van der Waals surface area contributed by atoms with Crippen LogP contribution in [0.15, 0.2) is 17.1 Å². The molecule has 0 spiro atoms. The van der Waals surface area contributed by atoms with Gasteiger partial charge in [-0.25, -0.2) is 9.18 Å². The molecule has 9 heteroatoms. The summed E-state index contributed by atoms with van der Waals surface area (Å²) in [6.07, 6.45) is 1.38. The SMILES string of the molecule is O=C(O)Oc1cn(C2CC2)c2c(F)c(N3CCSCC3)c(Cl)cc2c1=O. The van der Waals surface area contributed by atoms with E-state index in [0.29, 0.717) is 18.8 Å². The highest BCUT2D eigenvalue weighted by atomic mass is 35.5. The van der Waals surface area contributed by atoms with Gasteiger partial charge in [0.15, 0.2) is 11.6 Å². The molecule has 4 rings (SSSR count). The van der Waals surface area contributed by atoms with Crippen molar-refractivity contribution in [2.75, 3.05) is 29.5 Å². The molecule has 1 aliphatic carbocycles. The highest BCUT2D eigenvalue weighted by Gasteiger charge is 2.30. The fourth-order valence-corrected chi connectivity index (χ4v) is 4.51. The Kier molecular flexibility index (Phi) is 4.48. The molecular formula is C17H16ClFN2O4S. The zero-order valence-electron chi connectivity index (χ0n) is 13.7. The maximum atomic E-state index is 15.5. The van der Waals surface area contributed by atoms with Gasteiger partial charge in [-0.3, -0.25) is 4.79 Å². The molecule has 0 unspecified atom stereocenters. The third kappa shape index (κ3) is 3.01. The van der Waals surface area contributed by atoms with Gasteiger partial charge in [0.1, 0.15) is 0 Å². The van der Waals surface area contributed by atoms with Crippen molar-refractivity contribution >= 4 is 46.1 Å². The Balaban J connectivity index is 1.97.